The van der Waals surface area contributed by atoms with E-state index in [1.54, 1.807) is 12.1 Å². The number of ether oxygens (including phenoxy) is 2. The summed E-state index contributed by atoms with van der Waals surface area (Å²) in [5.41, 5.74) is 4.24. The normalized spacial score (nSPS) is 14.8. The highest BCUT2D eigenvalue weighted by molar-refractivity contribution is 7.89. The Labute approximate surface area is 194 Å². The molecule has 1 aliphatic heterocycles. The smallest absolute Gasteiger partial charge is 0.247 e. The molecule has 0 amide bonds. The number of methoxy groups -OCH3 is 2. The number of aromatic nitrogens is 2. The molecule has 0 radical (unpaired) electrons. The van der Waals surface area contributed by atoms with Crippen molar-refractivity contribution in [1.29, 1.82) is 0 Å². The number of rotatable bonds is 6. The van der Waals surface area contributed by atoms with Crippen LogP contribution in [0.15, 0.2) is 53.4 Å². The first-order valence-electron chi connectivity index (χ1n) is 10.7. The predicted octanol–water partition coefficient (Wildman–Crippen LogP) is 3.29. The van der Waals surface area contributed by atoms with Gasteiger partial charge in [0, 0.05) is 37.8 Å². The first-order valence-corrected chi connectivity index (χ1v) is 12.2. The van der Waals surface area contributed by atoms with Crippen LogP contribution in [0.25, 0.3) is 11.3 Å². The van der Waals surface area contributed by atoms with Gasteiger partial charge < -0.3 is 14.4 Å². The molecular formula is C24H28N4O4S. The number of aryl methyl sites for hydroxylation is 2. The van der Waals surface area contributed by atoms with Crippen molar-refractivity contribution in [2.24, 2.45) is 0 Å². The number of sulfonamides is 1. The Hall–Kier alpha value is -3.17. The molecule has 174 valence electrons. The van der Waals surface area contributed by atoms with Gasteiger partial charge in [0.25, 0.3) is 0 Å². The molecule has 2 heterocycles. The molecule has 0 atom stereocenters. The van der Waals surface area contributed by atoms with Crippen LogP contribution in [0.4, 0.5) is 5.82 Å². The summed E-state index contributed by atoms with van der Waals surface area (Å²) >= 11 is 0. The third kappa shape index (κ3) is 4.65. The minimum atomic E-state index is -3.73. The third-order valence-electron chi connectivity index (χ3n) is 5.86. The molecule has 0 bridgehead atoms. The maximum atomic E-state index is 13.3. The second kappa shape index (κ2) is 9.36. The van der Waals surface area contributed by atoms with Gasteiger partial charge in [0.1, 0.15) is 16.4 Å². The summed E-state index contributed by atoms with van der Waals surface area (Å²) in [5, 5.41) is 8.83. The van der Waals surface area contributed by atoms with Gasteiger partial charge in [0.05, 0.1) is 19.9 Å². The first-order chi connectivity index (χ1) is 15.8. The second-order valence-corrected chi connectivity index (χ2v) is 9.91. The number of anilines is 1. The Morgan fingerprint density at radius 1 is 0.848 bits per heavy atom. The van der Waals surface area contributed by atoms with Crippen molar-refractivity contribution < 1.29 is 17.9 Å². The van der Waals surface area contributed by atoms with Gasteiger partial charge in [-0.05, 0) is 43.7 Å². The average molecular weight is 469 g/mol. The van der Waals surface area contributed by atoms with Crippen LogP contribution in [0.5, 0.6) is 11.5 Å². The van der Waals surface area contributed by atoms with Crippen molar-refractivity contribution in [3.8, 4) is 22.8 Å². The maximum Gasteiger partial charge on any atom is 0.247 e. The lowest BCUT2D eigenvalue weighted by atomic mass is 10.0. The van der Waals surface area contributed by atoms with E-state index in [9.17, 15) is 8.42 Å². The summed E-state index contributed by atoms with van der Waals surface area (Å²) < 4.78 is 38.5. The van der Waals surface area contributed by atoms with Gasteiger partial charge in [0.15, 0.2) is 5.82 Å². The van der Waals surface area contributed by atoms with E-state index in [0.29, 0.717) is 37.7 Å². The van der Waals surface area contributed by atoms with Crippen molar-refractivity contribution in [3.63, 3.8) is 0 Å². The highest BCUT2D eigenvalue weighted by atomic mass is 32.2. The predicted molar refractivity (Wildman–Crippen MR) is 127 cm³/mol. The summed E-state index contributed by atoms with van der Waals surface area (Å²) in [7, 11) is -0.767. The number of hydrogen-bond acceptors (Lipinski definition) is 7. The van der Waals surface area contributed by atoms with Crippen molar-refractivity contribution >= 4 is 15.8 Å². The fourth-order valence-electron chi connectivity index (χ4n) is 4.02. The Bertz CT molecular complexity index is 1240. The maximum absolute atomic E-state index is 13.3. The van der Waals surface area contributed by atoms with Gasteiger partial charge in [-0.25, -0.2) is 8.42 Å². The van der Waals surface area contributed by atoms with Crippen LogP contribution in [0, 0.1) is 13.8 Å². The number of piperazine rings is 1. The van der Waals surface area contributed by atoms with E-state index in [0.717, 1.165) is 22.6 Å². The van der Waals surface area contributed by atoms with Crippen LogP contribution in [-0.2, 0) is 10.0 Å². The highest BCUT2D eigenvalue weighted by Crippen LogP contribution is 2.31. The van der Waals surface area contributed by atoms with Gasteiger partial charge in [0.2, 0.25) is 10.0 Å². The molecule has 9 heteroatoms. The lowest BCUT2D eigenvalue weighted by molar-refractivity contribution is 0.370. The van der Waals surface area contributed by atoms with E-state index < -0.39 is 10.0 Å². The molecule has 3 aromatic rings. The zero-order valence-corrected chi connectivity index (χ0v) is 20.1. The van der Waals surface area contributed by atoms with Crippen LogP contribution < -0.4 is 14.4 Å². The molecule has 0 aliphatic carbocycles. The molecule has 2 aromatic carbocycles. The van der Waals surface area contributed by atoms with Crippen LogP contribution in [0.2, 0.25) is 0 Å². The lowest BCUT2D eigenvalue weighted by Gasteiger charge is -2.34. The van der Waals surface area contributed by atoms with E-state index in [4.69, 9.17) is 9.47 Å². The second-order valence-electron chi connectivity index (χ2n) is 8.00. The zero-order valence-electron chi connectivity index (χ0n) is 19.3. The molecule has 0 unspecified atom stereocenters. The van der Waals surface area contributed by atoms with Gasteiger partial charge in [-0.1, -0.05) is 23.8 Å². The SMILES string of the molecule is COc1ccc(OC)c(S(=O)(=O)N2CCN(c3ccc(-c4ccc(C)cc4C)nn3)CC2)c1. The first kappa shape index (κ1) is 23.0. The molecule has 33 heavy (non-hydrogen) atoms. The number of nitrogens with zero attached hydrogens (tertiary/aromatic N) is 4. The molecule has 1 fully saturated rings. The van der Waals surface area contributed by atoms with E-state index in [-0.39, 0.29) is 4.90 Å². The van der Waals surface area contributed by atoms with E-state index in [1.165, 1.54) is 30.2 Å². The Morgan fingerprint density at radius 3 is 2.21 bits per heavy atom. The van der Waals surface area contributed by atoms with Gasteiger partial charge in [-0.3, -0.25) is 0 Å². The molecule has 4 rings (SSSR count). The summed E-state index contributed by atoms with van der Waals surface area (Å²) in [6.45, 7) is 5.84. The van der Waals surface area contributed by atoms with Crippen molar-refractivity contribution in [2.75, 3.05) is 45.3 Å². The Kier molecular flexibility index (Phi) is 6.53. The highest BCUT2D eigenvalue weighted by Gasteiger charge is 2.31. The molecule has 8 nitrogen and oxygen atoms in total. The summed E-state index contributed by atoms with van der Waals surface area (Å²) in [5.74, 6) is 1.50. The van der Waals surface area contributed by atoms with E-state index in [2.05, 4.69) is 42.2 Å². The van der Waals surface area contributed by atoms with Crippen molar-refractivity contribution in [2.45, 2.75) is 18.7 Å². The average Bonchev–Trinajstić information content (AvgIpc) is 2.84. The van der Waals surface area contributed by atoms with Gasteiger partial charge >= 0.3 is 0 Å². The van der Waals surface area contributed by atoms with Crippen LogP contribution in [-0.4, -0.2) is 63.3 Å². The summed E-state index contributed by atoms with van der Waals surface area (Å²) in [6, 6.07) is 14.9. The molecule has 0 N–H and O–H groups in total. The molecule has 1 aliphatic rings. The zero-order chi connectivity index (χ0) is 23.6. The molecule has 0 saturated carbocycles. The van der Waals surface area contributed by atoms with Gasteiger partial charge in [-0.15, -0.1) is 10.2 Å². The minimum Gasteiger partial charge on any atom is -0.497 e. The lowest BCUT2D eigenvalue weighted by Crippen LogP contribution is -2.49. The van der Waals surface area contributed by atoms with Crippen molar-refractivity contribution in [1.82, 2.24) is 14.5 Å². The van der Waals surface area contributed by atoms with Crippen LogP contribution >= 0.6 is 0 Å². The third-order valence-corrected chi connectivity index (χ3v) is 7.78. The van der Waals surface area contributed by atoms with E-state index >= 15 is 0 Å². The van der Waals surface area contributed by atoms with Gasteiger partial charge in [-0.2, -0.15) is 4.31 Å². The summed E-state index contributed by atoms with van der Waals surface area (Å²) in [6.07, 6.45) is 0. The standard InChI is InChI=1S/C24H28N4O4S/c1-17-5-7-20(18(2)15-17)21-8-10-24(26-25-21)27-11-13-28(14-12-27)33(29,30)23-16-19(31-3)6-9-22(23)32-4/h5-10,15-16H,11-14H2,1-4H3. The van der Waals surface area contributed by atoms with E-state index in [1.807, 2.05) is 17.0 Å². The summed E-state index contributed by atoms with van der Waals surface area (Å²) in [4.78, 5) is 2.16. The topological polar surface area (TPSA) is 84.9 Å². The number of benzene rings is 2. The Balaban J connectivity index is 1.48. The largest absolute Gasteiger partial charge is 0.497 e. The molecule has 1 aromatic heterocycles. The number of hydrogen-bond donors (Lipinski definition) is 0. The fraction of sp³-hybridized carbons (Fsp3) is 0.333. The van der Waals surface area contributed by atoms with Crippen molar-refractivity contribution in [3.05, 3.63) is 59.7 Å². The van der Waals surface area contributed by atoms with Crippen LogP contribution in [0.1, 0.15) is 11.1 Å². The monoisotopic (exact) mass is 468 g/mol. The quantitative estimate of drug-likeness (QED) is 0.549. The van der Waals surface area contributed by atoms with Crippen LogP contribution in [0.3, 0.4) is 0 Å². The Morgan fingerprint density at radius 2 is 1.61 bits per heavy atom. The minimum absolute atomic E-state index is 0.107. The molecule has 1 saturated heterocycles. The molecule has 0 spiro atoms. The molecular weight excluding hydrogens is 440 g/mol. The fourth-order valence-corrected chi connectivity index (χ4v) is 5.61.